The molecule has 0 spiro atoms. The zero-order valence-electron chi connectivity index (χ0n) is 35.3. The van der Waals surface area contributed by atoms with E-state index in [0.717, 1.165) is 49.9 Å². The minimum absolute atomic E-state index is 0.222. The summed E-state index contributed by atoms with van der Waals surface area (Å²) >= 11 is 6.50. The van der Waals surface area contributed by atoms with E-state index in [0.29, 0.717) is 113 Å². The van der Waals surface area contributed by atoms with Crippen LogP contribution in [0.4, 0.5) is 11.6 Å². The largest absolute Gasteiger partial charge is 0.487 e. The molecule has 3 atom stereocenters. The van der Waals surface area contributed by atoms with Crippen LogP contribution in [-0.4, -0.2) is 155 Å². The second-order valence-electron chi connectivity index (χ2n) is 15.2. The summed E-state index contributed by atoms with van der Waals surface area (Å²) in [6, 6.07) is 6.42. The van der Waals surface area contributed by atoms with Crippen molar-refractivity contribution in [3.63, 3.8) is 0 Å². The molecule has 0 bridgehead atoms. The number of rotatable bonds is 26. The van der Waals surface area contributed by atoms with E-state index in [9.17, 15) is 0 Å². The zero-order valence-corrected chi connectivity index (χ0v) is 36.1. The molecule has 1 aromatic carbocycles. The molecule has 1 saturated heterocycles. The van der Waals surface area contributed by atoms with Crippen molar-refractivity contribution in [2.24, 2.45) is 0 Å². The lowest BCUT2D eigenvalue weighted by Crippen LogP contribution is -2.51. The molecule has 0 radical (unpaired) electrons. The number of ether oxygens (including phenoxy) is 8. The first-order chi connectivity index (χ1) is 29.3. The normalized spacial score (nSPS) is 20.3. The number of nitrogens with one attached hydrogen (secondary N) is 1. The Bertz CT molecular complexity index is 1790. The molecule has 18 nitrogen and oxygen atoms in total. The van der Waals surface area contributed by atoms with E-state index in [1.807, 2.05) is 25.3 Å². The van der Waals surface area contributed by atoms with Crippen molar-refractivity contribution >= 4 is 23.2 Å². The monoisotopic (exact) mass is 856 g/mol. The molecule has 1 aliphatic heterocycles. The molecule has 1 N–H and O–H groups in total. The molecule has 0 amide bonds. The van der Waals surface area contributed by atoms with E-state index in [2.05, 4.69) is 54.2 Å². The summed E-state index contributed by atoms with van der Waals surface area (Å²) in [5.41, 5.74) is 2.38. The van der Waals surface area contributed by atoms with Gasteiger partial charge in [-0.05, 0) is 74.6 Å². The molecule has 19 heteroatoms. The van der Waals surface area contributed by atoms with Gasteiger partial charge in [-0.1, -0.05) is 17.7 Å². The summed E-state index contributed by atoms with van der Waals surface area (Å²) in [5, 5.41) is 20.1. The predicted molar refractivity (Wildman–Crippen MR) is 224 cm³/mol. The number of anilines is 2. The van der Waals surface area contributed by atoms with Crippen LogP contribution < -0.4 is 14.8 Å². The van der Waals surface area contributed by atoms with Gasteiger partial charge in [-0.25, -0.2) is 14.6 Å². The van der Waals surface area contributed by atoms with Crippen molar-refractivity contribution in [2.45, 2.75) is 89.8 Å². The van der Waals surface area contributed by atoms with Gasteiger partial charge >= 0.3 is 0 Å². The van der Waals surface area contributed by atoms with E-state index in [1.165, 1.54) is 0 Å². The van der Waals surface area contributed by atoms with Gasteiger partial charge in [0.2, 0.25) is 5.95 Å². The van der Waals surface area contributed by atoms with Crippen LogP contribution in [0.2, 0.25) is 5.02 Å². The fourth-order valence-corrected chi connectivity index (χ4v) is 7.57. The van der Waals surface area contributed by atoms with E-state index in [4.69, 9.17) is 54.6 Å². The average molecular weight is 857 g/mol. The average Bonchev–Trinajstić information content (AvgIpc) is 3.91. The molecule has 4 heterocycles. The number of aromatic nitrogens is 8. The first-order valence-electron chi connectivity index (χ1n) is 21.0. The molecule has 3 aromatic heterocycles. The van der Waals surface area contributed by atoms with Crippen LogP contribution in [-0.2, 0) is 35.0 Å². The Labute approximate surface area is 357 Å². The van der Waals surface area contributed by atoms with E-state index >= 15 is 0 Å². The van der Waals surface area contributed by atoms with Gasteiger partial charge in [0.25, 0.3) is 5.88 Å². The smallest absolute Gasteiger partial charge is 0.256 e. The van der Waals surface area contributed by atoms with Gasteiger partial charge in [0.05, 0.1) is 95.5 Å². The molecule has 60 heavy (non-hydrogen) atoms. The van der Waals surface area contributed by atoms with E-state index in [1.54, 1.807) is 36.6 Å². The highest BCUT2D eigenvalue weighted by Crippen LogP contribution is 2.36. The van der Waals surface area contributed by atoms with Gasteiger partial charge in [-0.15, -0.1) is 10.2 Å². The Balaban J connectivity index is 1.00. The van der Waals surface area contributed by atoms with Gasteiger partial charge in [0, 0.05) is 57.2 Å². The Morgan fingerprint density at radius 1 is 0.833 bits per heavy atom. The number of nitrogens with zero attached hydrogens (tertiary/aromatic N) is 9. The van der Waals surface area contributed by atoms with Crippen LogP contribution >= 0.6 is 11.6 Å². The molecule has 6 rings (SSSR count). The van der Waals surface area contributed by atoms with Crippen molar-refractivity contribution < 1.29 is 37.9 Å². The van der Waals surface area contributed by atoms with Crippen LogP contribution in [0.3, 0.4) is 0 Å². The van der Waals surface area contributed by atoms with Crippen molar-refractivity contribution in [1.82, 2.24) is 44.9 Å². The molecule has 0 unspecified atom stereocenters. The molecule has 4 aromatic rings. The fraction of sp³-hybridized carbons (Fsp3) is 0.659. The van der Waals surface area contributed by atoms with Crippen LogP contribution in [0.25, 0.3) is 11.1 Å². The molecule has 330 valence electrons. The Hall–Kier alpha value is -4.01. The molecule has 2 aliphatic rings. The summed E-state index contributed by atoms with van der Waals surface area (Å²) in [4.78, 5) is 11.9. The number of hydrogen-bond donors (Lipinski definition) is 1. The standard InChI is InChI=1S/C41H61ClN10O8/c1-30-25-50(26-31(2)59-30)35-7-9-36(10-8-35)52-28-38(40(47-52)58-13-5-12-54-16-17-56-20-21-57-19-18-55-15-14-53-4)46-41-43-23-34(24-44-41)33-6-11-37(42)39(22-33)60-32(3)27-51-29-45-48-49-51/h6,11,22-24,28-32,35-36H,5,7-10,12-21,25-27H2,1-4H3,(H,43,44,46)/t30-,31+,32-,35-,36-/m0/s1. The lowest BCUT2D eigenvalue weighted by molar-refractivity contribution is -0.0852. The highest BCUT2D eigenvalue weighted by Gasteiger charge is 2.32. The maximum absolute atomic E-state index is 6.50. The summed E-state index contributed by atoms with van der Waals surface area (Å²) < 4.78 is 49.3. The highest BCUT2D eigenvalue weighted by molar-refractivity contribution is 6.32. The van der Waals surface area contributed by atoms with Crippen LogP contribution in [0.15, 0.2) is 43.1 Å². The third-order valence-electron chi connectivity index (χ3n) is 10.2. The quantitative estimate of drug-likeness (QED) is 0.0808. The number of halogens is 1. The lowest BCUT2D eigenvalue weighted by Gasteiger charge is -2.42. The Kier molecular flexibility index (Phi) is 18.5. The Morgan fingerprint density at radius 2 is 1.48 bits per heavy atom. The number of tetrazole rings is 1. The first-order valence-corrected chi connectivity index (χ1v) is 21.4. The number of benzene rings is 1. The SMILES string of the molecule is COCCOCCOCCOCCOCCCOc1nn([C@H]2CC[C@H](N3C[C@@H](C)O[C@@H](C)C3)CC2)cc1Nc1ncc(-c2ccc(Cl)c(O[C@@H](C)Cn3cnnn3)c2)cn1. The third-order valence-corrected chi connectivity index (χ3v) is 10.6. The van der Waals surface area contributed by atoms with Gasteiger partial charge in [0.15, 0.2) is 0 Å². The second-order valence-corrected chi connectivity index (χ2v) is 15.6. The number of hydrogen-bond acceptors (Lipinski definition) is 16. The van der Waals surface area contributed by atoms with Crippen LogP contribution in [0.1, 0.15) is 58.9 Å². The maximum atomic E-state index is 6.50. The van der Waals surface area contributed by atoms with Gasteiger partial charge in [-0.2, -0.15) is 0 Å². The third kappa shape index (κ3) is 14.6. The minimum atomic E-state index is -0.222. The maximum Gasteiger partial charge on any atom is 0.256 e. The Morgan fingerprint density at radius 3 is 2.13 bits per heavy atom. The lowest BCUT2D eigenvalue weighted by atomic mass is 9.89. The second kappa shape index (κ2) is 24.4. The molecule has 1 aliphatic carbocycles. The van der Waals surface area contributed by atoms with Gasteiger partial charge < -0.3 is 43.2 Å². The van der Waals surface area contributed by atoms with Crippen LogP contribution in [0, 0.1) is 0 Å². The van der Waals surface area contributed by atoms with Crippen LogP contribution in [0.5, 0.6) is 11.6 Å². The zero-order chi connectivity index (χ0) is 41.9. The van der Waals surface area contributed by atoms with Crippen molar-refractivity contribution in [2.75, 3.05) is 91.6 Å². The van der Waals surface area contributed by atoms with Crippen molar-refractivity contribution in [1.29, 1.82) is 0 Å². The molecular formula is C41H61ClN10O8. The summed E-state index contributed by atoms with van der Waals surface area (Å²) in [6.45, 7) is 13.9. The summed E-state index contributed by atoms with van der Waals surface area (Å²) in [7, 11) is 1.65. The molecular weight excluding hydrogens is 796 g/mol. The summed E-state index contributed by atoms with van der Waals surface area (Å²) in [5.74, 6) is 1.47. The fourth-order valence-electron chi connectivity index (χ4n) is 7.41. The van der Waals surface area contributed by atoms with E-state index < -0.39 is 0 Å². The number of methoxy groups -OCH3 is 1. The number of morpholine rings is 1. The van der Waals surface area contributed by atoms with Crippen molar-refractivity contribution in [3.05, 3.63) is 48.1 Å². The van der Waals surface area contributed by atoms with E-state index in [-0.39, 0.29) is 24.4 Å². The van der Waals surface area contributed by atoms with Gasteiger partial charge in [-0.3, -0.25) is 9.58 Å². The molecule has 1 saturated carbocycles. The van der Waals surface area contributed by atoms with Gasteiger partial charge in [0.1, 0.15) is 23.9 Å². The predicted octanol–water partition coefficient (Wildman–Crippen LogP) is 5.27. The molecule has 2 fully saturated rings. The first kappa shape index (κ1) is 45.5. The summed E-state index contributed by atoms with van der Waals surface area (Å²) in [6.07, 6.45) is 12.4. The minimum Gasteiger partial charge on any atom is -0.487 e. The highest BCUT2D eigenvalue weighted by atomic mass is 35.5. The van der Waals surface area contributed by atoms with Crippen molar-refractivity contribution in [3.8, 4) is 22.8 Å². The topological polar surface area (TPSA) is 176 Å².